The zero-order chi connectivity index (χ0) is 11.0. The van der Waals surface area contributed by atoms with Crippen LogP contribution in [0.5, 0.6) is 5.75 Å². The van der Waals surface area contributed by atoms with Crippen LogP contribution in [0, 0.1) is 5.82 Å². The maximum absolute atomic E-state index is 12.8. The molecule has 0 radical (unpaired) electrons. The summed E-state index contributed by atoms with van der Waals surface area (Å²) >= 11 is 4.21. The molecule has 3 nitrogen and oxygen atoms in total. The summed E-state index contributed by atoms with van der Waals surface area (Å²) in [6.07, 6.45) is 0.376. The number of benzene rings is 1. The molecule has 0 spiro atoms. The SMILES string of the molecule is O=C1CC(S)CN1c1ccc(F)c(O)c1. The summed E-state index contributed by atoms with van der Waals surface area (Å²) in [6.45, 7) is 0.493. The van der Waals surface area contributed by atoms with Gasteiger partial charge in [0.05, 0.1) is 0 Å². The fourth-order valence-electron chi connectivity index (χ4n) is 1.61. The average Bonchev–Trinajstić information content (AvgIpc) is 2.50. The minimum atomic E-state index is -0.687. The first-order chi connectivity index (χ1) is 7.08. The molecule has 5 heteroatoms. The van der Waals surface area contributed by atoms with Crippen molar-refractivity contribution in [2.45, 2.75) is 11.7 Å². The highest BCUT2D eigenvalue weighted by molar-refractivity contribution is 7.81. The van der Waals surface area contributed by atoms with Gasteiger partial charge in [-0.25, -0.2) is 4.39 Å². The smallest absolute Gasteiger partial charge is 0.228 e. The molecule has 1 aromatic carbocycles. The number of anilines is 1. The second-order valence-corrected chi connectivity index (χ2v) is 4.23. The van der Waals surface area contributed by atoms with Gasteiger partial charge in [0.1, 0.15) is 0 Å². The van der Waals surface area contributed by atoms with Crippen LogP contribution in [0.2, 0.25) is 0 Å². The van der Waals surface area contributed by atoms with Crippen LogP contribution in [0.4, 0.5) is 10.1 Å². The quantitative estimate of drug-likeness (QED) is 0.715. The van der Waals surface area contributed by atoms with Crippen LogP contribution in [-0.4, -0.2) is 22.8 Å². The Morgan fingerprint density at radius 1 is 1.53 bits per heavy atom. The van der Waals surface area contributed by atoms with Crippen molar-refractivity contribution in [1.29, 1.82) is 0 Å². The summed E-state index contributed by atoms with van der Waals surface area (Å²) in [5.74, 6) is -1.18. The predicted molar refractivity (Wildman–Crippen MR) is 57.8 cm³/mol. The van der Waals surface area contributed by atoms with Crippen molar-refractivity contribution >= 4 is 24.2 Å². The van der Waals surface area contributed by atoms with Crippen molar-refractivity contribution < 1.29 is 14.3 Å². The normalized spacial score (nSPS) is 21.1. The number of rotatable bonds is 1. The van der Waals surface area contributed by atoms with Crippen LogP contribution in [-0.2, 0) is 4.79 Å². The Morgan fingerprint density at radius 3 is 2.80 bits per heavy atom. The van der Waals surface area contributed by atoms with Crippen molar-refractivity contribution in [1.82, 2.24) is 0 Å². The lowest BCUT2D eigenvalue weighted by atomic mass is 10.2. The fourth-order valence-corrected chi connectivity index (χ4v) is 1.93. The van der Waals surface area contributed by atoms with Gasteiger partial charge in [-0.3, -0.25) is 4.79 Å². The summed E-state index contributed by atoms with van der Waals surface area (Å²) in [5, 5.41) is 9.18. The van der Waals surface area contributed by atoms with Gasteiger partial charge in [-0.15, -0.1) is 0 Å². The van der Waals surface area contributed by atoms with E-state index in [1.165, 1.54) is 17.0 Å². The molecule has 1 aliphatic heterocycles. The molecule has 1 aliphatic rings. The maximum Gasteiger partial charge on any atom is 0.228 e. The molecule has 0 aromatic heterocycles. The largest absolute Gasteiger partial charge is 0.505 e. The Labute approximate surface area is 91.9 Å². The number of hydrogen-bond donors (Lipinski definition) is 2. The van der Waals surface area contributed by atoms with Crippen LogP contribution in [0.15, 0.2) is 18.2 Å². The number of nitrogens with zero attached hydrogens (tertiary/aromatic N) is 1. The molecule has 0 saturated carbocycles. The predicted octanol–water partition coefficient (Wildman–Crippen LogP) is 1.57. The lowest BCUT2D eigenvalue weighted by molar-refractivity contribution is -0.117. The Hall–Kier alpha value is -1.23. The molecule has 0 aliphatic carbocycles. The van der Waals surface area contributed by atoms with E-state index >= 15 is 0 Å². The number of halogens is 1. The number of phenols is 1. The highest BCUT2D eigenvalue weighted by Crippen LogP contribution is 2.28. The zero-order valence-corrected chi connectivity index (χ0v) is 8.75. The average molecular weight is 227 g/mol. The minimum Gasteiger partial charge on any atom is -0.505 e. The molecule has 1 unspecified atom stereocenters. The van der Waals surface area contributed by atoms with Gasteiger partial charge in [0.15, 0.2) is 11.6 Å². The monoisotopic (exact) mass is 227 g/mol. The fraction of sp³-hybridized carbons (Fsp3) is 0.300. The molecule has 1 aromatic rings. The van der Waals surface area contributed by atoms with E-state index in [1.807, 2.05) is 0 Å². The molecule has 15 heavy (non-hydrogen) atoms. The maximum atomic E-state index is 12.8. The third-order valence-electron chi connectivity index (χ3n) is 2.35. The molecule has 1 fully saturated rings. The van der Waals surface area contributed by atoms with E-state index in [1.54, 1.807) is 0 Å². The minimum absolute atomic E-state index is 0.00435. The molecule has 0 bridgehead atoms. The molecule has 1 N–H and O–H groups in total. The highest BCUT2D eigenvalue weighted by atomic mass is 32.1. The van der Waals surface area contributed by atoms with Gasteiger partial charge in [-0.1, -0.05) is 0 Å². The number of phenolic OH excluding ortho intramolecular Hbond substituents is 1. The Bertz CT molecular complexity index is 410. The number of aromatic hydroxyl groups is 1. The first-order valence-electron chi connectivity index (χ1n) is 4.55. The topological polar surface area (TPSA) is 40.5 Å². The van der Waals surface area contributed by atoms with Gasteiger partial charge in [0, 0.05) is 30.0 Å². The summed E-state index contributed by atoms with van der Waals surface area (Å²) in [4.78, 5) is 13.0. The standard InChI is InChI=1S/C10H10FNO2S/c11-8-2-1-6(3-9(8)13)12-5-7(15)4-10(12)14/h1-3,7,13,15H,4-5H2. The van der Waals surface area contributed by atoms with Crippen molar-refractivity contribution in [3.63, 3.8) is 0 Å². The molecule has 2 rings (SSSR count). The van der Waals surface area contributed by atoms with Crippen LogP contribution in [0.25, 0.3) is 0 Å². The third-order valence-corrected chi connectivity index (χ3v) is 2.69. The lowest BCUT2D eigenvalue weighted by Gasteiger charge is -2.16. The number of amides is 1. The van der Waals surface area contributed by atoms with E-state index in [2.05, 4.69) is 12.6 Å². The summed E-state index contributed by atoms with van der Waals surface area (Å²) in [5.41, 5.74) is 0.510. The second kappa shape index (κ2) is 3.73. The van der Waals surface area contributed by atoms with Crippen LogP contribution >= 0.6 is 12.6 Å². The van der Waals surface area contributed by atoms with Gasteiger partial charge in [0.25, 0.3) is 0 Å². The zero-order valence-electron chi connectivity index (χ0n) is 7.85. The molecule has 80 valence electrons. The number of carbonyl (C=O) groups is 1. The lowest BCUT2D eigenvalue weighted by Crippen LogP contribution is -2.24. The van der Waals surface area contributed by atoms with E-state index in [-0.39, 0.29) is 11.2 Å². The molecule has 1 amide bonds. The van der Waals surface area contributed by atoms with Gasteiger partial charge >= 0.3 is 0 Å². The summed E-state index contributed by atoms with van der Waals surface area (Å²) in [7, 11) is 0. The van der Waals surface area contributed by atoms with E-state index in [0.29, 0.717) is 18.7 Å². The second-order valence-electron chi connectivity index (χ2n) is 3.50. The molecular weight excluding hydrogens is 217 g/mol. The third kappa shape index (κ3) is 1.92. The van der Waals surface area contributed by atoms with Gasteiger partial charge in [-0.2, -0.15) is 12.6 Å². The van der Waals surface area contributed by atoms with E-state index in [9.17, 15) is 14.3 Å². The van der Waals surface area contributed by atoms with Gasteiger partial charge in [-0.05, 0) is 12.1 Å². The van der Waals surface area contributed by atoms with E-state index in [4.69, 9.17) is 0 Å². The Morgan fingerprint density at radius 2 is 2.27 bits per heavy atom. The van der Waals surface area contributed by atoms with Crippen LogP contribution < -0.4 is 4.90 Å². The molecule has 1 saturated heterocycles. The van der Waals surface area contributed by atoms with Crippen LogP contribution in [0.3, 0.4) is 0 Å². The molecule has 1 heterocycles. The number of carbonyl (C=O) groups excluding carboxylic acids is 1. The Balaban J connectivity index is 2.30. The summed E-state index contributed by atoms with van der Waals surface area (Å²) < 4.78 is 12.8. The first-order valence-corrected chi connectivity index (χ1v) is 5.06. The van der Waals surface area contributed by atoms with Crippen molar-refractivity contribution in [3.8, 4) is 5.75 Å². The Kier molecular flexibility index (Phi) is 2.56. The number of hydrogen-bond acceptors (Lipinski definition) is 3. The van der Waals surface area contributed by atoms with E-state index in [0.717, 1.165) is 6.07 Å². The van der Waals surface area contributed by atoms with Gasteiger partial charge < -0.3 is 10.0 Å². The van der Waals surface area contributed by atoms with Crippen molar-refractivity contribution in [2.24, 2.45) is 0 Å². The van der Waals surface area contributed by atoms with E-state index < -0.39 is 11.6 Å². The van der Waals surface area contributed by atoms with Crippen LogP contribution in [0.1, 0.15) is 6.42 Å². The number of thiol groups is 1. The van der Waals surface area contributed by atoms with Crippen molar-refractivity contribution in [3.05, 3.63) is 24.0 Å². The molecule has 1 atom stereocenters. The summed E-state index contributed by atoms with van der Waals surface area (Å²) in [6, 6.07) is 3.86. The molecular formula is C10H10FNO2S. The van der Waals surface area contributed by atoms with Gasteiger partial charge in [0.2, 0.25) is 5.91 Å². The first kappa shape index (κ1) is 10.3. The van der Waals surface area contributed by atoms with Crippen molar-refractivity contribution in [2.75, 3.05) is 11.4 Å². The highest BCUT2D eigenvalue weighted by Gasteiger charge is 2.28.